The standard InChI is InChI=1S/C14H19N3O4/c1-10(13(18)19)15-14(20)16-11-2-4-12(5-3-11)17-6-8-21-9-7-17/h2-5,10H,6-9H2,1H3,(H,18,19)(H2,15,16,20)/t10-/m1/s1. The van der Waals surface area contributed by atoms with Crippen molar-refractivity contribution in [2.45, 2.75) is 13.0 Å². The zero-order valence-corrected chi connectivity index (χ0v) is 11.8. The highest BCUT2D eigenvalue weighted by Crippen LogP contribution is 2.18. The van der Waals surface area contributed by atoms with Crippen molar-refractivity contribution in [3.63, 3.8) is 0 Å². The van der Waals surface area contributed by atoms with Gasteiger partial charge in [-0.3, -0.25) is 4.79 Å². The highest BCUT2D eigenvalue weighted by atomic mass is 16.5. The average molecular weight is 293 g/mol. The number of hydrogen-bond acceptors (Lipinski definition) is 4. The maximum absolute atomic E-state index is 11.6. The van der Waals surface area contributed by atoms with Crippen molar-refractivity contribution >= 4 is 23.4 Å². The summed E-state index contributed by atoms with van der Waals surface area (Å²) in [6, 6.07) is 5.94. The van der Waals surface area contributed by atoms with Crippen LogP contribution in [0.25, 0.3) is 0 Å². The molecule has 21 heavy (non-hydrogen) atoms. The fourth-order valence-electron chi connectivity index (χ4n) is 2.00. The molecule has 0 saturated carbocycles. The van der Waals surface area contributed by atoms with E-state index in [0.717, 1.165) is 32.0 Å². The van der Waals surface area contributed by atoms with Crippen LogP contribution in [0.15, 0.2) is 24.3 Å². The molecule has 0 unspecified atom stereocenters. The van der Waals surface area contributed by atoms with Gasteiger partial charge in [0, 0.05) is 24.5 Å². The molecule has 7 nitrogen and oxygen atoms in total. The first-order valence-corrected chi connectivity index (χ1v) is 6.79. The Bertz CT molecular complexity index is 497. The number of anilines is 2. The predicted molar refractivity (Wildman–Crippen MR) is 78.7 cm³/mol. The molecule has 0 bridgehead atoms. The minimum Gasteiger partial charge on any atom is -0.480 e. The van der Waals surface area contributed by atoms with E-state index in [1.165, 1.54) is 6.92 Å². The van der Waals surface area contributed by atoms with Crippen molar-refractivity contribution in [1.29, 1.82) is 0 Å². The van der Waals surface area contributed by atoms with Crippen molar-refractivity contribution in [3.05, 3.63) is 24.3 Å². The van der Waals surface area contributed by atoms with Crippen LogP contribution >= 0.6 is 0 Å². The Balaban J connectivity index is 1.89. The van der Waals surface area contributed by atoms with Crippen LogP contribution in [0.3, 0.4) is 0 Å². The van der Waals surface area contributed by atoms with E-state index in [2.05, 4.69) is 15.5 Å². The normalized spacial score (nSPS) is 16.1. The molecular formula is C14H19N3O4. The first-order chi connectivity index (χ1) is 10.1. The number of carboxylic acids is 1. The first kappa shape index (κ1) is 15.1. The molecule has 0 aliphatic carbocycles. The number of morpholine rings is 1. The molecule has 1 aromatic carbocycles. The Kier molecular flexibility index (Phi) is 4.99. The number of amides is 2. The lowest BCUT2D eigenvalue weighted by molar-refractivity contribution is -0.138. The lowest BCUT2D eigenvalue weighted by Crippen LogP contribution is -2.40. The molecule has 1 fully saturated rings. The molecule has 114 valence electrons. The van der Waals surface area contributed by atoms with Gasteiger partial charge in [0.05, 0.1) is 13.2 Å². The van der Waals surface area contributed by atoms with Crippen molar-refractivity contribution < 1.29 is 19.4 Å². The van der Waals surface area contributed by atoms with Gasteiger partial charge in [-0.25, -0.2) is 4.79 Å². The van der Waals surface area contributed by atoms with Gasteiger partial charge in [0.2, 0.25) is 0 Å². The van der Waals surface area contributed by atoms with E-state index in [4.69, 9.17) is 9.84 Å². The fourth-order valence-corrected chi connectivity index (χ4v) is 2.00. The summed E-state index contributed by atoms with van der Waals surface area (Å²) in [5.74, 6) is -1.08. The lowest BCUT2D eigenvalue weighted by Gasteiger charge is -2.28. The van der Waals surface area contributed by atoms with Gasteiger partial charge >= 0.3 is 12.0 Å². The van der Waals surface area contributed by atoms with Crippen molar-refractivity contribution in [3.8, 4) is 0 Å². The molecule has 0 spiro atoms. The van der Waals surface area contributed by atoms with Crippen LogP contribution < -0.4 is 15.5 Å². The summed E-state index contributed by atoms with van der Waals surface area (Å²) in [4.78, 5) is 24.5. The number of rotatable bonds is 4. The van der Waals surface area contributed by atoms with Crippen LogP contribution in [0.4, 0.5) is 16.2 Å². The van der Waals surface area contributed by atoms with Crippen LogP contribution in [0.1, 0.15) is 6.92 Å². The molecule has 1 aliphatic heterocycles. The molecule has 1 aromatic rings. The van der Waals surface area contributed by atoms with Crippen molar-refractivity contribution in [1.82, 2.24) is 5.32 Å². The van der Waals surface area contributed by atoms with Crippen LogP contribution in [0.2, 0.25) is 0 Å². The van der Waals surface area contributed by atoms with E-state index in [0.29, 0.717) is 5.69 Å². The van der Waals surface area contributed by atoms with Gasteiger partial charge in [0.1, 0.15) is 6.04 Å². The van der Waals surface area contributed by atoms with Crippen LogP contribution in [0, 0.1) is 0 Å². The average Bonchev–Trinajstić information content (AvgIpc) is 2.48. The Hall–Kier alpha value is -2.28. The van der Waals surface area contributed by atoms with E-state index >= 15 is 0 Å². The Morgan fingerprint density at radius 2 is 1.86 bits per heavy atom. The van der Waals surface area contributed by atoms with Gasteiger partial charge in [0.15, 0.2) is 0 Å². The topological polar surface area (TPSA) is 90.9 Å². The van der Waals surface area contributed by atoms with Gasteiger partial charge < -0.3 is 25.4 Å². The van der Waals surface area contributed by atoms with Crippen LogP contribution in [0.5, 0.6) is 0 Å². The summed E-state index contributed by atoms with van der Waals surface area (Å²) in [6.45, 7) is 4.54. The molecule has 0 aromatic heterocycles. The summed E-state index contributed by atoms with van der Waals surface area (Å²) < 4.78 is 5.30. The fraction of sp³-hybridized carbons (Fsp3) is 0.429. The molecule has 3 N–H and O–H groups in total. The predicted octanol–water partition coefficient (Wildman–Crippen LogP) is 1.12. The number of benzene rings is 1. The molecule has 1 atom stereocenters. The molecular weight excluding hydrogens is 274 g/mol. The monoisotopic (exact) mass is 293 g/mol. The smallest absolute Gasteiger partial charge is 0.325 e. The highest BCUT2D eigenvalue weighted by Gasteiger charge is 2.14. The summed E-state index contributed by atoms with van der Waals surface area (Å²) in [6.07, 6.45) is 0. The molecule has 1 saturated heterocycles. The second-order valence-corrected chi connectivity index (χ2v) is 4.80. The summed E-state index contributed by atoms with van der Waals surface area (Å²) in [7, 11) is 0. The third kappa shape index (κ3) is 4.35. The number of nitrogens with zero attached hydrogens (tertiary/aromatic N) is 1. The third-order valence-electron chi connectivity index (χ3n) is 3.22. The number of urea groups is 1. The zero-order chi connectivity index (χ0) is 15.2. The Labute approximate surface area is 122 Å². The number of carbonyl (C=O) groups is 2. The van der Waals surface area contributed by atoms with Crippen LogP contribution in [-0.2, 0) is 9.53 Å². The summed E-state index contributed by atoms with van der Waals surface area (Å²) >= 11 is 0. The molecule has 2 rings (SSSR count). The largest absolute Gasteiger partial charge is 0.480 e. The number of nitrogens with one attached hydrogen (secondary N) is 2. The maximum Gasteiger partial charge on any atom is 0.325 e. The van der Waals surface area contributed by atoms with Crippen LogP contribution in [-0.4, -0.2) is 49.5 Å². The van der Waals surface area contributed by atoms with Gasteiger partial charge in [0.25, 0.3) is 0 Å². The Morgan fingerprint density at radius 1 is 1.24 bits per heavy atom. The molecule has 7 heteroatoms. The third-order valence-corrected chi connectivity index (χ3v) is 3.22. The van der Waals surface area contributed by atoms with E-state index < -0.39 is 18.0 Å². The highest BCUT2D eigenvalue weighted by molar-refractivity contribution is 5.92. The SMILES string of the molecule is C[C@@H](NC(=O)Nc1ccc(N2CCOCC2)cc1)C(=O)O. The quantitative estimate of drug-likeness (QED) is 0.774. The molecule has 0 radical (unpaired) electrons. The molecule has 1 heterocycles. The van der Waals surface area contributed by atoms with E-state index in [1.807, 2.05) is 12.1 Å². The van der Waals surface area contributed by atoms with Gasteiger partial charge in [-0.15, -0.1) is 0 Å². The second kappa shape index (κ2) is 6.94. The minimum atomic E-state index is -1.08. The zero-order valence-electron chi connectivity index (χ0n) is 11.8. The Morgan fingerprint density at radius 3 is 2.43 bits per heavy atom. The number of aliphatic carboxylic acids is 1. The van der Waals surface area contributed by atoms with E-state index in [9.17, 15) is 9.59 Å². The van der Waals surface area contributed by atoms with Crippen molar-refractivity contribution in [2.24, 2.45) is 0 Å². The van der Waals surface area contributed by atoms with E-state index in [-0.39, 0.29) is 0 Å². The van der Waals surface area contributed by atoms with Crippen molar-refractivity contribution in [2.75, 3.05) is 36.5 Å². The molecule has 2 amide bonds. The summed E-state index contributed by atoms with van der Waals surface area (Å²) in [5, 5.41) is 13.6. The number of carbonyl (C=O) groups excluding carboxylic acids is 1. The number of ether oxygens (including phenoxy) is 1. The molecule has 1 aliphatic rings. The second-order valence-electron chi connectivity index (χ2n) is 4.80. The maximum atomic E-state index is 11.6. The lowest BCUT2D eigenvalue weighted by atomic mass is 10.2. The summed E-state index contributed by atoms with van der Waals surface area (Å²) in [5.41, 5.74) is 1.69. The van der Waals surface area contributed by atoms with Gasteiger partial charge in [-0.2, -0.15) is 0 Å². The first-order valence-electron chi connectivity index (χ1n) is 6.79. The number of hydrogen-bond donors (Lipinski definition) is 3. The minimum absolute atomic E-state index is 0.538. The van der Waals surface area contributed by atoms with E-state index in [1.54, 1.807) is 12.1 Å². The van der Waals surface area contributed by atoms with Gasteiger partial charge in [-0.1, -0.05) is 0 Å². The number of carboxylic acid groups (broad SMARTS) is 1. The van der Waals surface area contributed by atoms with Gasteiger partial charge in [-0.05, 0) is 31.2 Å².